The number of nitrogens with one attached hydrogen (secondary N) is 1. The van der Waals surface area contributed by atoms with Crippen LogP contribution in [0.4, 0.5) is 0 Å². The molecule has 1 aromatic heterocycles. The second-order valence-electron chi connectivity index (χ2n) is 4.38. The molecule has 0 aliphatic carbocycles. The van der Waals surface area contributed by atoms with Crippen molar-refractivity contribution in [3.05, 3.63) is 17.5 Å². The maximum atomic E-state index is 11.9. The third-order valence-electron chi connectivity index (χ3n) is 2.83. The standard InChI is InChI=1S/C13H22ClN3O/c1-3-12-11(10-17(2)16-12)13(18)15-9-7-5-4-6-8-14/h10H,3-9H2,1-2H3,(H,15,18). The van der Waals surface area contributed by atoms with Gasteiger partial charge < -0.3 is 5.32 Å². The third-order valence-corrected chi connectivity index (χ3v) is 3.10. The molecule has 1 aromatic rings. The van der Waals surface area contributed by atoms with Gasteiger partial charge in [0.2, 0.25) is 0 Å². The van der Waals surface area contributed by atoms with Crippen LogP contribution >= 0.6 is 11.6 Å². The highest BCUT2D eigenvalue weighted by atomic mass is 35.5. The molecule has 1 rings (SSSR count). The van der Waals surface area contributed by atoms with E-state index in [-0.39, 0.29) is 5.91 Å². The zero-order chi connectivity index (χ0) is 13.4. The van der Waals surface area contributed by atoms with Crippen LogP contribution in [0.3, 0.4) is 0 Å². The molecule has 5 heteroatoms. The molecule has 102 valence electrons. The van der Waals surface area contributed by atoms with Crippen LogP contribution in [0.2, 0.25) is 0 Å². The van der Waals surface area contributed by atoms with Gasteiger partial charge in [0.1, 0.15) is 0 Å². The van der Waals surface area contributed by atoms with Gasteiger partial charge in [0.05, 0.1) is 11.3 Å². The van der Waals surface area contributed by atoms with Crippen LogP contribution in [0.25, 0.3) is 0 Å². The van der Waals surface area contributed by atoms with Crippen molar-refractivity contribution in [3.63, 3.8) is 0 Å². The van der Waals surface area contributed by atoms with Gasteiger partial charge in [-0.3, -0.25) is 9.48 Å². The summed E-state index contributed by atoms with van der Waals surface area (Å²) < 4.78 is 1.69. The summed E-state index contributed by atoms with van der Waals surface area (Å²) in [6.07, 6.45) is 6.86. The van der Waals surface area contributed by atoms with Crippen molar-refractivity contribution < 1.29 is 4.79 Å². The smallest absolute Gasteiger partial charge is 0.254 e. The molecule has 18 heavy (non-hydrogen) atoms. The first-order valence-electron chi connectivity index (χ1n) is 6.55. The zero-order valence-corrected chi connectivity index (χ0v) is 12.0. The summed E-state index contributed by atoms with van der Waals surface area (Å²) in [5.74, 6) is 0.708. The Balaban J connectivity index is 2.32. The van der Waals surface area contributed by atoms with Gasteiger partial charge in [0.15, 0.2) is 0 Å². The van der Waals surface area contributed by atoms with Gasteiger partial charge in [-0.25, -0.2) is 0 Å². The molecule has 0 aliphatic rings. The minimum Gasteiger partial charge on any atom is -0.352 e. The number of alkyl halides is 1. The quantitative estimate of drug-likeness (QED) is 0.583. The van der Waals surface area contributed by atoms with Crippen LogP contribution in [0.5, 0.6) is 0 Å². The molecule has 0 fully saturated rings. The van der Waals surface area contributed by atoms with Crippen molar-refractivity contribution in [3.8, 4) is 0 Å². The highest BCUT2D eigenvalue weighted by Gasteiger charge is 2.13. The molecule has 0 aliphatic heterocycles. The minimum absolute atomic E-state index is 0.0164. The largest absolute Gasteiger partial charge is 0.352 e. The lowest BCUT2D eigenvalue weighted by atomic mass is 10.2. The van der Waals surface area contributed by atoms with Crippen LogP contribution in [-0.4, -0.2) is 28.1 Å². The maximum absolute atomic E-state index is 11.9. The molecule has 0 radical (unpaired) electrons. The number of aromatic nitrogens is 2. The summed E-state index contributed by atoms with van der Waals surface area (Å²) in [5, 5.41) is 7.20. The number of rotatable bonds is 8. The van der Waals surface area contributed by atoms with Crippen molar-refractivity contribution in [1.82, 2.24) is 15.1 Å². The third kappa shape index (κ3) is 4.69. The normalized spacial score (nSPS) is 10.6. The molecule has 0 spiro atoms. The van der Waals surface area contributed by atoms with Gasteiger partial charge in [-0.2, -0.15) is 5.10 Å². The Labute approximate surface area is 114 Å². The molecule has 1 amide bonds. The fraction of sp³-hybridized carbons (Fsp3) is 0.692. The predicted molar refractivity (Wildman–Crippen MR) is 74.1 cm³/mol. The van der Waals surface area contributed by atoms with E-state index in [9.17, 15) is 4.79 Å². The van der Waals surface area contributed by atoms with Crippen molar-refractivity contribution in [2.45, 2.75) is 39.0 Å². The number of carbonyl (C=O) groups excluding carboxylic acids is 1. The number of hydrogen-bond donors (Lipinski definition) is 1. The van der Waals surface area contributed by atoms with Crippen LogP contribution in [-0.2, 0) is 13.5 Å². The summed E-state index contributed by atoms with van der Waals surface area (Å²) >= 11 is 5.60. The van der Waals surface area contributed by atoms with Crippen LogP contribution in [0.15, 0.2) is 6.20 Å². The topological polar surface area (TPSA) is 46.9 Å². The summed E-state index contributed by atoms with van der Waals surface area (Å²) in [5.41, 5.74) is 1.55. The Bertz CT molecular complexity index is 376. The SMILES string of the molecule is CCc1nn(C)cc1C(=O)NCCCCCCCl. The van der Waals surface area contributed by atoms with Gasteiger partial charge in [0.25, 0.3) is 5.91 Å². The Morgan fingerprint density at radius 3 is 2.78 bits per heavy atom. The first kappa shape index (κ1) is 15.0. The molecule has 0 atom stereocenters. The van der Waals surface area contributed by atoms with E-state index < -0.39 is 0 Å². The monoisotopic (exact) mass is 271 g/mol. The number of halogens is 1. The van der Waals surface area contributed by atoms with E-state index >= 15 is 0 Å². The van der Waals surface area contributed by atoms with E-state index in [0.717, 1.165) is 50.2 Å². The fourth-order valence-corrected chi connectivity index (χ4v) is 2.04. The Kier molecular flexibility index (Phi) is 6.80. The molecular weight excluding hydrogens is 250 g/mol. The molecule has 0 saturated heterocycles. The number of aryl methyl sites for hydroxylation is 2. The lowest BCUT2D eigenvalue weighted by molar-refractivity contribution is 0.0952. The zero-order valence-electron chi connectivity index (χ0n) is 11.2. The molecule has 4 nitrogen and oxygen atoms in total. The summed E-state index contributed by atoms with van der Waals surface area (Å²) in [4.78, 5) is 11.9. The van der Waals surface area contributed by atoms with E-state index in [1.54, 1.807) is 10.9 Å². The average molecular weight is 272 g/mol. The van der Waals surface area contributed by atoms with E-state index in [1.807, 2.05) is 14.0 Å². The van der Waals surface area contributed by atoms with Crippen molar-refractivity contribution in [2.75, 3.05) is 12.4 Å². The number of nitrogens with zero attached hydrogens (tertiary/aromatic N) is 2. The van der Waals surface area contributed by atoms with Crippen LogP contribution in [0, 0.1) is 0 Å². The minimum atomic E-state index is -0.0164. The molecule has 0 aromatic carbocycles. The number of carbonyl (C=O) groups is 1. The summed E-state index contributed by atoms with van der Waals surface area (Å²) in [6.45, 7) is 2.73. The molecule has 1 heterocycles. The van der Waals surface area contributed by atoms with E-state index in [4.69, 9.17) is 11.6 Å². The highest BCUT2D eigenvalue weighted by molar-refractivity contribution is 6.17. The maximum Gasteiger partial charge on any atom is 0.254 e. The average Bonchev–Trinajstić information content (AvgIpc) is 2.74. The van der Waals surface area contributed by atoms with Gasteiger partial charge >= 0.3 is 0 Å². The Morgan fingerprint density at radius 1 is 1.39 bits per heavy atom. The number of hydrogen-bond acceptors (Lipinski definition) is 2. The molecular formula is C13H22ClN3O. The van der Waals surface area contributed by atoms with Crippen molar-refractivity contribution in [2.24, 2.45) is 7.05 Å². The number of unbranched alkanes of at least 4 members (excludes halogenated alkanes) is 3. The first-order valence-corrected chi connectivity index (χ1v) is 7.09. The van der Waals surface area contributed by atoms with E-state index in [2.05, 4.69) is 10.4 Å². The fourth-order valence-electron chi connectivity index (χ4n) is 1.86. The second kappa shape index (κ2) is 8.14. The van der Waals surface area contributed by atoms with E-state index in [1.165, 1.54) is 0 Å². The lowest BCUT2D eigenvalue weighted by Crippen LogP contribution is -2.25. The van der Waals surface area contributed by atoms with Gasteiger partial charge in [-0.05, 0) is 19.3 Å². The molecule has 0 saturated carbocycles. The van der Waals surface area contributed by atoms with Gasteiger partial charge in [0, 0.05) is 25.7 Å². The molecule has 0 unspecified atom stereocenters. The van der Waals surface area contributed by atoms with Crippen molar-refractivity contribution in [1.29, 1.82) is 0 Å². The van der Waals surface area contributed by atoms with Gasteiger partial charge in [-0.15, -0.1) is 11.6 Å². The lowest BCUT2D eigenvalue weighted by Gasteiger charge is -2.04. The second-order valence-corrected chi connectivity index (χ2v) is 4.75. The molecule has 1 N–H and O–H groups in total. The summed E-state index contributed by atoms with van der Waals surface area (Å²) in [7, 11) is 1.84. The van der Waals surface area contributed by atoms with Gasteiger partial charge in [-0.1, -0.05) is 19.8 Å². The van der Waals surface area contributed by atoms with E-state index in [0.29, 0.717) is 5.56 Å². The molecule has 0 bridgehead atoms. The summed E-state index contributed by atoms with van der Waals surface area (Å²) in [6, 6.07) is 0. The highest BCUT2D eigenvalue weighted by Crippen LogP contribution is 2.07. The van der Waals surface area contributed by atoms with Crippen LogP contribution < -0.4 is 5.32 Å². The first-order chi connectivity index (χ1) is 8.69. The van der Waals surface area contributed by atoms with Crippen molar-refractivity contribution >= 4 is 17.5 Å². The number of amides is 1. The Morgan fingerprint density at radius 2 is 2.11 bits per heavy atom. The Hall–Kier alpha value is -1.03. The van der Waals surface area contributed by atoms with Crippen LogP contribution in [0.1, 0.15) is 48.7 Å². The predicted octanol–water partition coefficient (Wildman–Crippen LogP) is 2.51.